The Bertz CT molecular complexity index is 770. The fraction of sp³-hybridized carbons (Fsp3) is 0.571. The molecule has 0 saturated carbocycles. The molecule has 1 unspecified atom stereocenters. The molecule has 0 N–H and O–H groups in total. The van der Waals surface area contributed by atoms with E-state index < -0.39 is 0 Å². The van der Waals surface area contributed by atoms with Crippen molar-refractivity contribution in [2.75, 3.05) is 19.8 Å². The zero-order chi connectivity index (χ0) is 20.0. The largest absolute Gasteiger partial charge is 0.305 e. The van der Waals surface area contributed by atoms with Gasteiger partial charge < -0.3 is 4.57 Å². The topological polar surface area (TPSA) is 51.0 Å². The maximum atomic E-state index is 12.7. The van der Waals surface area contributed by atoms with Crippen molar-refractivity contribution in [3.63, 3.8) is 0 Å². The van der Waals surface area contributed by atoms with E-state index in [0.29, 0.717) is 5.75 Å². The quantitative estimate of drug-likeness (QED) is 0.437. The number of ketones is 1. The molecule has 0 amide bonds. The van der Waals surface area contributed by atoms with Gasteiger partial charge in [-0.2, -0.15) is 0 Å². The van der Waals surface area contributed by atoms with Crippen molar-refractivity contribution in [3.05, 3.63) is 40.7 Å². The molecule has 0 aliphatic heterocycles. The monoisotopic (exact) mass is 388 g/mol. The number of unbranched alkanes of at least 4 members (excludes halogenated alkanes) is 1. The molecular formula is C21H32N4OS. The molecule has 27 heavy (non-hydrogen) atoms. The van der Waals surface area contributed by atoms with Crippen LogP contribution in [-0.2, 0) is 6.54 Å². The minimum absolute atomic E-state index is 0.146. The molecule has 0 radical (unpaired) electrons. The van der Waals surface area contributed by atoms with E-state index >= 15 is 0 Å². The van der Waals surface area contributed by atoms with E-state index in [1.807, 2.05) is 32.0 Å². The second-order valence-corrected chi connectivity index (χ2v) is 8.21. The van der Waals surface area contributed by atoms with Crippen LogP contribution in [0.5, 0.6) is 0 Å². The van der Waals surface area contributed by atoms with Gasteiger partial charge in [-0.15, -0.1) is 10.2 Å². The van der Waals surface area contributed by atoms with E-state index in [1.165, 1.54) is 11.8 Å². The molecule has 0 aliphatic rings. The van der Waals surface area contributed by atoms with Crippen LogP contribution in [0.2, 0.25) is 0 Å². The molecule has 0 bridgehead atoms. The fourth-order valence-corrected chi connectivity index (χ4v) is 4.06. The molecule has 1 aromatic heterocycles. The van der Waals surface area contributed by atoms with Gasteiger partial charge in [-0.3, -0.25) is 9.69 Å². The third-order valence-corrected chi connectivity index (χ3v) is 5.78. The van der Waals surface area contributed by atoms with E-state index in [-0.39, 0.29) is 11.8 Å². The second kappa shape index (κ2) is 10.0. The number of hydrogen-bond donors (Lipinski definition) is 0. The predicted octanol–water partition coefficient (Wildman–Crippen LogP) is 4.68. The lowest BCUT2D eigenvalue weighted by Gasteiger charge is -2.23. The Kier molecular flexibility index (Phi) is 8.05. The molecular weight excluding hydrogens is 356 g/mol. The summed E-state index contributed by atoms with van der Waals surface area (Å²) in [6, 6.07) is 6.26. The highest BCUT2D eigenvalue weighted by Crippen LogP contribution is 2.26. The standard InChI is InChI=1S/C21H32N4OS/c1-7-9-12-25-20(18(8-2)24(5)6)22-23-21(25)27-14-19(26)17-13-15(3)10-11-16(17)4/h10-11,13,18H,7-9,12,14H2,1-6H3. The van der Waals surface area contributed by atoms with Crippen LogP contribution in [0.25, 0.3) is 0 Å². The zero-order valence-electron chi connectivity index (χ0n) is 17.5. The number of thioether (sulfide) groups is 1. The summed E-state index contributed by atoms with van der Waals surface area (Å²) in [6.45, 7) is 9.25. The summed E-state index contributed by atoms with van der Waals surface area (Å²) >= 11 is 1.50. The second-order valence-electron chi connectivity index (χ2n) is 7.26. The summed E-state index contributed by atoms with van der Waals surface area (Å²) in [5.41, 5.74) is 2.94. The highest BCUT2D eigenvalue weighted by Gasteiger charge is 2.22. The number of carbonyl (C=O) groups is 1. The van der Waals surface area contributed by atoms with E-state index in [1.54, 1.807) is 0 Å². The van der Waals surface area contributed by atoms with Crippen LogP contribution >= 0.6 is 11.8 Å². The minimum Gasteiger partial charge on any atom is -0.305 e. The number of hydrogen-bond acceptors (Lipinski definition) is 5. The van der Waals surface area contributed by atoms with Crippen LogP contribution in [0.1, 0.15) is 66.5 Å². The van der Waals surface area contributed by atoms with Gasteiger partial charge in [-0.25, -0.2) is 0 Å². The average Bonchev–Trinajstić information content (AvgIpc) is 3.02. The van der Waals surface area contributed by atoms with E-state index in [9.17, 15) is 4.79 Å². The van der Waals surface area contributed by atoms with Crippen molar-refractivity contribution in [1.29, 1.82) is 0 Å². The summed E-state index contributed by atoms with van der Waals surface area (Å²) in [7, 11) is 4.15. The highest BCUT2D eigenvalue weighted by atomic mass is 32.2. The Morgan fingerprint density at radius 3 is 2.59 bits per heavy atom. The number of aryl methyl sites for hydroxylation is 2. The van der Waals surface area contributed by atoms with Gasteiger partial charge in [-0.1, -0.05) is 49.7 Å². The Labute approximate surface area is 167 Å². The van der Waals surface area contributed by atoms with Gasteiger partial charge >= 0.3 is 0 Å². The Balaban J connectivity index is 2.21. The van der Waals surface area contributed by atoms with Crippen LogP contribution in [-0.4, -0.2) is 45.3 Å². The first-order chi connectivity index (χ1) is 12.9. The smallest absolute Gasteiger partial charge is 0.191 e. The normalized spacial score (nSPS) is 12.6. The Morgan fingerprint density at radius 1 is 1.22 bits per heavy atom. The zero-order valence-corrected chi connectivity index (χ0v) is 18.3. The lowest BCUT2D eigenvalue weighted by Crippen LogP contribution is -2.23. The molecule has 2 aromatic rings. The molecule has 0 aliphatic carbocycles. The first-order valence-electron chi connectivity index (χ1n) is 9.71. The molecule has 148 valence electrons. The van der Waals surface area contributed by atoms with E-state index in [0.717, 1.165) is 53.5 Å². The lowest BCUT2D eigenvalue weighted by molar-refractivity contribution is 0.102. The summed E-state index contributed by atoms with van der Waals surface area (Å²) in [5, 5.41) is 9.75. The molecule has 5 nitrogen and oxygen atoms in total. The third-order valence-electron chi connectivity index (χ3n) is 4.81. The maximum absolute atomic E-state index is 12.7. The summed E-state index contributed by atoms with van der Waals surface area (Å²) in [4.78, 5) is 14.9. The van der Waals surface area contributed by atoms with Crippen LogP contribution in [0.4, 0.5) is 0 Å². The summed E-state index contributed by atoms with van der Waals surface area (Å²) < 4.78 is 2.21. The lowest BCUT2D eigenvalue weighted by atomic mass is 10.0. The number of benzene rings is 1. The summed E-state index contributed by atoms with van der Waals surface area (Å²) in [6.07, 6.45) is 3.17. The summed E-state index contributed by atoms with van der Waals surface area (Å²) in [5.74, 6) is 1.53. The van der Waals surface area contributed by atoms with Crippen molar-refractivity contribution >= 4 is 17.5 Å². The Morgan fingerprint density at radius 2 is 1.96 bits per heavy atom. The first-order valence-corrected chi connectivity index (χ1v) is 10.7. The molecule has 0 saturated heterocycles. The van der Waals surface area contributed by atoms with Crippen LogP contribution in [0, 0.1) is 13.8 Å². The van der Waals surface area contributed by atoms with Crippen LogP contribution in [0.3, 0.4) is 0 Å². The van der Waals surface area contributed by atoms with Crippen molar-refractivity contribution in [1.82, 2.24) is 19.7 Å². The van der Waals surface area contributed by atoms with Gasteiger partial charge in [0.05, 0.1) is 11.8 Å². The maximum Gasteiger partial charge on any atom is 0.191 e. The van der Waals surface area contributed by atoms with E-state index in [2.05, 4.69) is 47.6 Å². The third kappa shape index (κ3) is 5.42. The molecule has 6 heteroatoms. The Hall–Kier alpha value is -1.66. The van der Waals surface area contributed by atoms with Gasteiger partial charge in [0, 0.05) is 12.1 Å². The van der Waals surface area contributed by atoms with Gasteiger partial charge in [0.1, 0.15) is 0 Å². The van der Waals surface area contributed by atoms with Crippen LogP contribution < -0.4 is 0 Å². The fourth-order valence-electron chi connectivity index (χ4n) is 3.20. The van der Waals surface area contributed by atoms with Crippen molar-refractivity contribution in [2.24, 2.45) is 0 Å². The molecule has 2 rings (SSSR count). The van der Waals surface area contributed by atoms with Crippen LogP contribution in [0.15, 0.2) is 23.4 Å². The van der Waals surface area contributed by atoms with Crippen molar-refractivity contribution in [3.8, 4) is 0 Å². The number of rotatable bonds is 10. The number of aromatic nitrogens is 3. The molecule has 0 spiro atoms. The van der Waals surface area contributed by atoms with Gasteiger partial charge in [-0.05, 0) is 52.4 Å². The van der Waals surface area contributed by atoms with E-state index in [4.69, 9.17) is 0 Å². The predicted molar refractivity (Wildman–Crippen MR) is 113 cm³/mol. The molecule has 0 fully saturated rings. The van der Waals surface area contributed by atoms with Crippen molar-refractivity contribution < 1.29 is 4.79 Å². The average molecular weight is 389 g/mol. The SMILES string of the molecule is CCCCn1c(SCC(=O)c2cc(C)ccc2C)nnc1C(CC)N(C)C. The highest BCUT2D eigenvalue weighted by molar-refractivity contribution is 7.99. The van der Waals surface area contributed by atoms with Gasteiger partial charge in [0.2, 0.25) is 0 Å². The molecule has 1 heterocycles. The van der Waals surface area contributed by atoms with Gasteiger partial charge in [0.15, 0.2) is 16.8 Å². The number of carbonyl (C=O) groups excluding carboxylic acids is 1. The number of Topliss-reactive ketones (excluding diaryl/α,β-unsaturated/α-hetero) is 1. The number of nitrogens with zero attached hydrogens (tertiary/aromatic N) is 4. The molecule has 1 atom stereocenters. The first kappa shape index (κ1) is 21.6. The van der Waals surface area contributed by atoms with Crippen molar-refractivity contribution in [2.45, 2.75) is 64.7 Å². The van der Waals surface area contributed by atoms with Gasteiger partial charge in [0.25, 0.3) is 0 Å². The minimum atomic E-state index is 0.146. The molecule has 1 aromatic carbocycles.